The summed E-state index contributed by atoms with van der Waals surface area (Å²) in [7, 11) is 0. The molecule has 1 amide bonds. The van der Waals surface area contributed by atoms with Gasteiger partial charge in [0.2, 0.25) is 0 Å². The summed E-state index contributed by atoms with van der Waals surface area (Å²) >= 11 is 0. The predicted octanol–water partition coefficient (Wildman–Crippen LogP) is 4.01. The van der Waals surface area contributed by atoms with E-state index in [1.54, 1.807) is 0 Å². The topological polar surface area (TPSA) is 47.3 Å². The molecule has 1 aliphatic rings. The molecule has 1 aliphatic heterocycles. The van der Waals surface area contributed by atoms with Gasteiger partial charge in [0.1, 0.15) is 6.04 Å². The van der Waals surface area contributed by atoms with Gasteiger partial charge in [-0.2, -0.15) is 5.26 Å². The lowest BCUT2D eigenvalue weighted by molar-refractivity contribution is 0.0606. The lowest BCUT2D eigenvalue weighted by Gasteiger charge is -2.37. The molecule has 0 aromatic heterocycles. The first-order chi connectivity index (χ1) is 12.9. The average molecular weight is 361 g/mol. The zero-order valence-electron chi connectivity index (χ0n) is 16.4. The Bertz CT molecular complexity index is 807. The van der Waals surface area contributed by atoms with E-state index in [-0.39, 0.29) is 17.4 Å². The molecule has 1 fully saturated rings. The molecule has 27 heavy (non-hydrogen) atoms. The molecule has 1 heterocycles. The summed E-state index contributed by atoms with van der Waals surface area (Å²) in [6.07, 6.45) is 0. The minimum absolute atomic E-state index is 0.0725. The van der Waals surface area contributed by atoms with Gasteiger partial charge < -0.3 is 4.90 Å². The van der Waals surface area contributed by atoms with Crippen molar-refractivity contribution in [2.24, 2.45) is 0 Å². The van der Waals surface area contributed by atoms with E-state index in [4.69, 9.17) is 0 Å². The molecule has 1 atom stereocenters. The molecule has 2 aromatic rings. The van der Waals surface area contributed by atoms with Crippen molar-refractivity contribution in [2.45, 2.75) is 32.2 Å². The van der Waals surface area contributed by atoms with Crippen LogP contribution in [0.5, 0.6) is 0 Å². The molecule has 2 aromatic carbocycles. The molecule has 1 saturated heterocycles. The Balaban J connectivity index is 1.63. The summed E-state index contributed by atoms with van der Waals surface area (Å²) in [5, 5.41) is 9.60. The van der Waals surface area contributed by atoms with Crippen LogP contribution in [0.1, 0.15) is 48.3 Å². The molecule has 0 bridgehead atoms. The number of hydrogen-bond acceptors (Lipinski definition) is 3. The Morgan fingerprint density at radius 1 is 0.963 bits per heavy atom. The third-order valence-corrected chi connectivity index (χ3v) is 5.20. The molecule has 140 valence electrons. The van der Waals surface area contributed by atoms with Crippen molar-refractivity contribution < 1.29 is 4.79 Å². The zero-order chi connectivity index (χ0) is 19.4. The van der Waals surface area contributed by atoms with E-state index in [0.29, 0.717) is 26.2 Å². The van der Waals surface area contributed by atoms with Crippen LogP contribution in [0, 0.1) is 11.3 Å². The summed E-state index contributed by atoms with van der Waals surface area (Å²) in [6.45, 7) is 9.21. The highest BCUT2D eigenvalue weighted by atomic mass is 16.2. The van der Waals surface area contributed by atoms with Gasteiger partial charge >= 0.3 is 0 Å². The van der Waals surface area contributed by atoms with Crippen molar-refractivity contribution in [2.75, 3.05) is 26.2 Å². The number of carbonyl (C=O) groups is 1. The van der Waals surface area contributed by atoms with Gasteiger partial charge in [0.15, 0.2) is 0 Å². The zero-order valence-corrected chi connectivity index (χ0v) is 16.4. The minimum Gasteiger partial charge on any atom is -0.336 e. The second-order valence-electron chi connectivity index (χ2n) is 8.10. The van der Waals surface area contributed by atoms with Gasteiger partial charge in [0, 0.05) is 31.7 Å². The molecule has 0 aliphatic carbocycles. The van der Waals surface area contributed by atoms with Crippen LogP contribution in [0.15, 0.2) is 54.6 Å². The monoisotopic (exact) mass is 361 g/mol. The van der Waals surface area contributed by atoms with E-state index < -0.39 is 0 Å². The molecule has 1 unspecified atom stereocenters. The first-order valence-electron chi connectivity index (χ1n) is 9.48. The van der Waals surface area contributed by atoms with Crippen LogP contribution in [0.2, 0.25) is 0 Å². The van der Waals surface area contributed by atoms with Crippen LogP contribution in [-0.2, 0) is 5.41 Å². The highest BCUT2D eigenvalue weighted by molar-refractivity contribution is 5.94. The number of hydrogen-bond donors (Lipinski definition) is 0. The van der Waals surface area contributed by atoms with Crippen molar-refractivity contribution in [3.8, 4) is 6.07 Å². The fourth-order valence-electron chi connectivity index (χ4n) is 3.48. The largest absolute Gasteiger partial charge is 0.336 e. The van der Waals surface area contributed by atoms with Crippen LogP contribution >= 0.6 is 0 Å². The number of amides is 1. The van der Waals surface area contributed by atoms with Gasteiger partial charge in [-0.1, -0.05) is 63.2 Å². The summed E-state index contributed by atoms with van der Waals surface area (Å²) in [5.41, 5.74) is 3.05. The summed E-state index contributed by atoms with van der Waals surface area (Å²) < 4.78 is 0. The van der Waals surface area contributed by atoms with Crippen LogP contribution in [0.4, 0.5) is 0 Å². The first-order valence-corrected chi connectivity index (χ1v) is 9.48. The Labute approximate surface area is 162 Å². The SMILES string of the molecule is CC(C)(C)c1ccc(C(=O)N2CCN(C(C#N)c3ccccc3)CC2)cc1. The van der Waals surface area contributed by atoms with Gasteiger partial charge in [-0.25, -0.2) is 0 Å². The van der Waals surface area contributed by atoms with Gasteiger partial charge in [-0.3, -0.25) is 9.69 Å². The predicted molar refractivity (Wildman–Crippen MR) is 107 cm³/mol. The Kier molecular flexibility index (Phi) is 5.62. The maximum Gasteiger partial charge on any atom is 0.253 e. The number of piperazine rings is 1. The fraction of sp³-hybridized carbons (Fsp3) is 0.391. The van der Waals surface area contributed by atoms with Crippen LogP contribution in [0.3, 0.4) is 0 Å². The Hall–Kier alpha value is -2.64. The third kappa shape index (κ3) is 4.37. The van der Waals surface area contributed by atoms with E-state index in [1.165, 1.54) is 5.56 Å². The molecule has 4 heteroatoms. The lowest BCUT2D eigenvalue weighted by Crippen LogP contribution is -2.49. The molecule has 0 saturated carbocycles. The summed E-state index contributed by atoms with van der Waals surface area (Å²) in [4.78, 5) is 16.9. The van der Waals surface area contributed by atoms with Gasteiger partial charge in [-0.15, -0.1) is 0 Å². The number of rotatable bonds is 3. The van der Waals surface area contributed by atoms with Gasteiger partial charge in [-0.05, 0) is 28.7 Å². The molecule has 0 N–H and O–H groups in total. The first kappa shape index (κ1) is 19.1. The Morgan fingerprint density at radius 3 is 2.07 bits per heavy atom. The molecular formula is C23H27N3O. The fourth-order valence-corrected chi connectivity index (χ4v) is 3.48. The summed E-state index contributed by atoms with van der Waals surface area (Å²) in [5.74, 6) is 0.0725. The highest BCUT2D eigenvalue weighted by Gasteiger charge is 2.27. The van der Waals surface area contributed by atoms with Crippen LogP contribution in [0.25, 0.3) is 0 Å². The smallest absolute Gasteiger partial charge is 0.253 e. The van der Waals surface area contributed by atoms with Crippen LogP contribution < -0.4 is 0 Å². The standard InChI is InChI=1S/C23H27N3O/c1-23(2,3)20-11-9-19(10-12-20)22(27)26-15-13-25(14-16-26)21(17-24)18-7-5-4-6-8-18/h4-12,21H,13-16H2,1-3H3. The van der Waals surface area contributed by atoms with E-state index in [2.05, 4.69) is 31.7 Å². The normalized spacial score (nSPS) is 16.6. The van der Waals surface area contributed by atoms with Gasteiger partial charge in [0.05, 0.1) is 6.07 Å². The molecule has 0 spiro atoms. The minimum atomic E-state index is -0.255. The average Bonchev–Trinajstić information content (AvgIpc) is 2.69. The second-order valence-corrected chi connectivity index (χ2v) is 8.10. The van der Waals surface area contributed by atoms with E-state index >= 15 is 0 Å². The van der Waals surface area contributed by atoms with E-state index in [9.17, 15) is 10.1 Å². The number of nitrogens with zero attached hydrogens (tertiary/aromatic N) is 3. The molecule has 4 nitrogen and oxygen atoms in total. The van der Waals surface area contributed by atoms with Crippen molar-refractivity contribution in [1.82, 2.24) is 9.80 Å². The highest BCUT2D eigenvalue weighted by Crippen LogP contribution is 2.24. The summed E-state index contributed by atoms with van der Waals surface area (Å²) in [6, 6.07) is 20.0. The Morgan fingerprint density at radius 2 is 1.56 bits per heavy atom. The molecular weight excluding hydrogens is 334 g/mol. The van der Waals surface area contributed by atoms with Crippen LogP contribution in [-0.4, -0.2) is 41.9 Å². The number of carbonyl (C=O) groups excluding carboxylic acids is 1. The van der Waals surface area contributed by atoms with Crippen molar-refractivity contribution in [3.05, 3.63) is 71.3 Å². The maximum absolute atomic E-state index is 12.8. The van der Waals surface area contributed by atoms with Crippen molar-refractivity contribution in [3.63, 3.8) is 0 Å². The maximum atomic E-state index is 12.8. The third-order valence-electron chi connectivity index (χ3n) is 5.20. The van der Waals surface area contributed by atoms with Crippen molar-refractivity contribution >= 4 is 5.91 Å². The van der Waals surface area contributed by atoms with E-state index in [1.807, 2.05) is 59.5 Å². The number of nitriles is 1. The quantitative estimate of drug-likeness (QED) is 0.830. The molecule has 3 rings (SSSR count). The number of benzene rings is 2. The molecule has 0 radical (unpaired) electrons. The van der Waals surface area contributed by atoms with Gasteiger partial charge in [0.25, 0.3) is 5.91 Å². The lowest BCUT2D eigenvalue weighted by atomic mass is 9.86. The van der Waals surface area contributed by atoms with E-state index in [0.717, 1.165) is 11.1 Å². The van der Waals surface area contributed by atoms with Crippen molar-refractivity contribution in [1.29, 1.82) is 5.26 Å². The second kappa shape index (κ2) is 7.94.